The summed E-state index contributed by atoms with van der Waals surface area (Å²) in [5, 5.41) is 9.48. The van der Waals surface area contributed by atoms with E-state index in [0.29, 0.717) is 25.0 Å². The van der Waals surface area contributed by atoms with Gasteiger partial charge in [0, 0.05) is 38.3 Å². The molecule has 0 radical (unpaired) electrons. The molecule has 30 heavy (non-hydrogen) atoms. The number of oxazole rings is 1. The molecule has 2 aromatic rings. The number of rotatable bonds is 7. The van der Waals surface area contributed by atoms with Gasteiger partial charge in [-0.15, -0.1) is 24.0 Å². The molecule has 1 saturated heterocycles. The Labute approximate surface area is 194 Å². The Bertz CT molecular complexity index is 803. The standard InChI is InChI=1S/C21H30N6O2.HI/c1-3-23-21(26-17-9-11-27(12-10-17)14-19(28)22-2)24-13-18-15-29-20(25-18)16-7-5-4-6-8-16;/h4-8,15,17H,3,9-14H2,1-2H3,(H,22,28)(H2,23,24,26);1H. The van der Waals surface area contributed by atoms with Crippen LogP contribution in [0.5, 0.6) is 0 Å². The lowest BCUT2D eigenvalue weighted by molar-refractivity contribution is -0.122. The van der Waals surface area contributed by atoms with Crippen LogP contribution >= 0.6 is 24.0 Å². The molecule has 1 aliphatic heterocycles. The predicted molar refractivity (Wildman–Crippen MR) is 129 cm³/mol. The van der Waals surface area contributed by atoms with Gasteiger partial charge >= 0.3 is 0 Å². The summed E-state index contributed by atoms with van der Waals surface area (Å²) < 4.78 is 5.59. The molecule has 0 aliphatic carbocycles. The highest BCUT2D eigenvalue weighted by Crippen LogP contribution is 2.18. The van der Waals surface area contributed by atoms with E-state index in [1.165, 1.54) is 0 Å². The van der Waals surface area contributed by atoms with Crippen molar-refractivity contribution in [1.29, 1.82) is 0 Å². The van der Waals surface area contributed by atoms with Crippen molar-refractivity contribution in [2.45, 2.75) is 32.4 Å². The fraction of sp³-hybridized carbons (Fsp3) is 0.476. The zero-order valence-electron chi connectivity index (χ0n) is 17.6. The van der Waals surface area contributed by atoms with Gasteiger partial charge in [-0.25, -0.2) is 9.98 Å². The third-order valence-corrected chi connectivity index (χ3v) is 4.89. The summed E-state index contributed by atoms with van der Waals surface area (Å²) in [5.41, 5.74) is 1.75. The molecule has 1 fully saturated rings. The smallest absolute Gasteiger partial charge is 0.233 e. The number of guanidine groups is 1. The normalized spacial score (nSPS) is 15.3. The van der Waals surface area contributed by atoms with Crippen LogP contribution < -0.4 is 16.0 Å². The van der Waals surface area contributed by atoms with Gasteiger partial charge in [0.1, 0.15) is 12.0 Å². The van der Waals surface area contributed by atoms with E-state index in [9.17, 15) is 4.79 Å². The van der Waals surface area contributed by atoms with Crippen molar-refractivity contribution in [2.75, 3.05) is 33.2 Å². The van der Waals surface area contributed by atoms with Gasteiger partial charge in [0.2, 0.25) is 11.8 Å². The minimum absolute atomic E-state index is 0. The monoisotopic (exact) mass is 526 g/mol. The minimum atomic E-state index is 0. The maximum atomic E-state index is 11.5. The van der Waals surface area contributed by atoms with Crippen LogP contribution in [-0.4, -0.2) is 61.0 Å². The number of nitrogens with one attached hydrogen (secondary N) is 3. The first-order valence-corrected chi connectivity index (χ1v) is 10.2. The minimum Gasteiger partial charge on any atom is -0.444 e. The van der Waals surface area contributed by atoms with E-state index in [2.05, 4.69) is 30.8 Å². The van der Waals surface area contributed by atoms with Gasteiger partial charge in [-0.3, -0.25) is 9.69 Å². The first-order valence-electron chi connectivity index (χ1n) is 10.2. The van der Waals surface area contributed by atoms with Gasteiger partial charge in [-0.2, -0.15) is 0 Å². The number of hydrogen-bond acceptors (Lipinski definition) is 5. The molecule has 164 valence electrons. The number of carbonyl (C=O) groups is 1. The summed E-state index contributed by atoms with van der Waals surface area (Å²) in [5.74, 6) is 1.45. The number of nitrogens with zero attached hydrogens (tertiary/aromatic N) is 3. The lowest BCUT2D eigenvalue weighted by atomic mass is 10.1. The fourth-order valence-corrected chi connectivity index (χ4v) is 3.28. The van der Waals surface area contributed by atoms with Crippen molar-refractivity contribution in [3.05, 3.63) is 42.3 Å². The van der Waals surface area contributed by atoms with E-state index < -0.39 is 0 Å². The van der Waals surface area contributed by atoms with E-state index in [4.69, 9.17) is 4.42 Å². The largest absolute Gasteiger partial charge is 0.444 e. The molecule has 9 heteroatoms. The molecule has 1 aromatic carbocycles. The number of amides is 1. The molecule has 3 rings (SSSR count). The highest BCUT2D eigenvalue weighted by atomic mass is 127. The molecule has 8 nitrogen and oxygen atoms in total. The number of halogens is 1. The Morgan fingerprint density at radius 3 is 2.67 bits per heavy atom. The summed E-state index contributed by atoms with van der Waals surface area (Å²) in [6, 6.07) is 10.2. The van der Waals surface area contributed by atoms with Crippen molar-refractivity contribution >= 4 is 35.8 Å². The first-order chi connectivity index (χ1) is 14.2. The average Bonchev–Trinajstić information content (AvgIpc) is 3.23. The second-order valence-electron chi connectivity index (χ2n) is 7.07. The fourth-order valence-electron chi connectivity index (χ4n) is 3.28. The maximum absolute atomic E-state index is 11.5. The average molecular weight is 526 g/mol. The lowest BCUT2D eigenvalue weighted by Gasteiger charge is -2.32. The zero-order valence-corrected chi connectivity index (χ0v) is 19.9. The number of aromatic nitrogens is 1. The van der Waals surface area contributed by atoms with Gasteiger partial charge < -0.3 is 20.4 Å². The quantitative estimate of drug-likeness (QED) is 0.291. The predicted octanol–water partition coefficient (Wildman–Crippen LogP) is 2.23. The van der Waals surface area contributed by atoms with Crippen LogP contribution in [0.3, 0.4) is 0 Å². The maximum Gasteiger partial charge on any atom is 0.233 e. The number of benzene rings is 1. The van der Waals surface area contributed by atoms with Gasteiger partial charge in [0.15, 0.2) is 5.96 Å². The third-order valence-electron chi connectivity index (χ3n) is 4.89. The van der Waals surface area contributed by atoms with E-state index in [1.54, 1.807) is 13.3 Å². The van der Waals surface area contributed by atoms with Crippen molar-refractivity contribution in [3.8, 4) is 11.5 Å². The molecule has 1 aromatic heterocycles. The van der Waals surface area contributed by atoms with Crippen molar-refractivity contribution in [3.63, 3.8) is 0 Å². The molecular weight excluding hydrogens is 495 g/mol. The second kappa shape index (κ2) is 12.5. The number of carbonyl (C=O) groups excluding carboxylic acids is 1. The van der Waals surface area contributed by atoms with E-state index >= 15 is 0 Å². The van der Waals surface area contributed by atoms with Gasteiger partial charge in [-0.05, 0) is 31.9 Å². The van der Waals surface area contributed by atoms with Gasteiger partial charge in [0.05, 0.1) is 13.1 Å². The Morgan fingerprint density at radius 2 is 2.00 bits per heavy atom. The number of likely N-dealkylation sites (N-methyl/N-ethyl adjacent to an activating group) is 1. The van der Waals surface area contributed by atoms with Crippen LogP contribution in [0.4, 0.5) is 0 Å². The van der Waals surface area contributed by atoms with Crippen LogP contribution in [-0.2, 0) is 11.3 Å². The van der Waals surface area contributed by atoms with Crippen molar-refractivity contribution in [1.82, 2.24) is 25.8 Å². The molecule has 0 bridgehead atoms. The molecule has 3 N–H and O–H groups in total. The summed E-state index contributed by atoms with van der Waals surface area (Å²) in [4.78, 5) is 22.9. The molecule has 2 heterocycles. The summed E-state index contributed by atoms with van der Waals surface area (Å²) in [7, 11) is 1.67. The molecule has 0 atom stereocenters. The number of aliphatic imine (C=N–C) groups is 1. The SMILES string of the molecule is CCNC(=NCc1coc(-c2ccccc2)n1)NC1CCN(CC(=O)NC)CC1.I. The molecule has 1 amide bonds. The van der Waals surface area contributed by atoms with Crippen LogP contribution in [0, 0.1) is 0 Å². The topological polar surface area (TPSA) is 94.8 Å². The van der Waals surface area contributed by atoms with Gasteiger partial charge in [-0.1, -0.05) is 18.2 Å². The molecule has 0 unspecified atom stereocenters. The molecule has 0 spiro atoms. The summed E-state index contributed by atoms with van der Waals surface area (Å²) >= 11 is 0. The molecular formula is C21H31IN6O2. The van der Waals surface area contributed by atoms with Crippen LogP contribution in [0.2, 0.25) is 0 Å². The number of hydrogen-bond donors (Lipinski definition) is 3. The van der Waals surface area contributed by atoms with Gasteiger partial charge in [0.25, 0.3) is 0 Å². The van der Waals surface area contributed by atoms with Crippen molar-refractivity contribution in [2.24, 2.45) is 4.99 Å². The Balaban J connectivity index is 0.00000320. The second-order valence-corrected chi connectivity index (χ2v) is 7.07. The van der Waals surface area contributed by atoms with Crippen LogP contribution in [0.1, 0.15) is 25.5 Å². The number of likely N-dealkylation sites (tertiary alicyclic amines) is 1. The van der Waals surface area contributed by atoms with Crippen molar-refractivity contribution < 1.29 is 9.21 Å². The molecule has 0 saturated carbocycles. The highest BCUT2D eigenvalue weighted by molar-refractivity contribution is 14.0. The molecule has 1 aliphatic rings. The Hall–Kier alpha value is -2.14. The van der Waals surface area contributed by atoms with E-state index in [0.717, 1.165) is 49.7 Å². The number of piperidine rings is 1. The first kappa shape index (κ1) is 24.1. The van der Waals surface area contributed by atoms with Crippen LogP contribution in [0.25, 0.3) is 11.5 Å². The Morgan fingerprint density at radius 1 is 1.27 bits per heavy atom. The summed E-state index contributed by atoms with van der Waals surface area (Å²) in [6.45, 7) is 5.54. The Kier molecular flexibility index (Phi) is 10.1. The van der Waals surface area contributed by atoms with Crippen LogP contribution in [0.15, 0.2) is 46.0 Å². The summed E-state index contributed by atoms with van der Waals surface area (Å²) in [6.07, 6.45) is 3.61. The third kappa shape index (κ3) is 7.28. The van der Waals surface area contributed by atoms with E-state index in [-0.39, 0.29) is 29.9 Å². The lowest BCUT2D eigenvalue weighted by Crippen LogP contribution is -2.50. The highest BCUT2D eigenvalue weighted by Gasteiger charge is 2.21. The van der Waals surface area contributed by atoms with E-state index in [1.807, 2.05) is 37.3 Å². The zero-order chi connectivity index (χ0) is 20.5.